The van der Waals surface area contributed by atoms with Crippen LogP contribution in [0.5, 0.6) is 0 Å². The summed E-state index contributed by atoms with van der Waals surface area (Å²) < 4.78 is 5.06. The first-order chi connectivity index (χ1) is 9.07. The zero-order chi connectivity index (χ0) is 15.6. The van der Waals surface area contributed by atoms with Crippen molar-refractivity contribution in [1.29, 1.82) is 0 Å². The Bertz CT molecular complexity index is 392. The Morgan fingerprint density at radius 3 is 2.65 bits per heavy atom. The molecule has 5 nitrogen and oxygen atoms in total. The summed E-state index contributed by atoms with van der Waals surface area (Å²) in [4.78, 5) is 17.5. The fraction of sp³-hybridized carbons (Fsp3) is 0.846. The Kier molecular flexibility index (Phi) is 5.66. The molecule has 7 heteroatoms. The van der Waals surface area contributed by atoms with E-state index in [2.05, 4.69) is 17.6 Å². The van der Waals surface area contributed by atoms with Crippen molar-refractivity contribution in [2.75, 3.05) is 18.1 Å². The zero-order valence-corrected chi connectivity index (χ0v) is 14.4. The van der Waals surface area contributed by atoms with Gasteiger partial charge in [-0.05, 0) is 13.8 Å². The van der Waals surface area contributed by atoms with Crippen LogP contribution in [0.4, 0.5) is 0 Å². The molecule has 0 aromatic rings. The van der Waals surface area contributed by atoms with E-state index in [0.717, 1.165) is 5.75 Å². The molecular formula is C13H23N2O3S2-. The highest BCUT2D eigenvalue weighted by Crippen LogP contribution is 2.39. The van der Waals surface area contributed by atoms with Crippen molar-refractivity contribution in [1.82, 2.24) is 4.90 Å². The van der Waals surface area contributed by atoms with E-state index < -0.39 is 11.7 Å². The van der Waals surface area contributed by atoms with Gasteiger partial charge >= 0.3 is 0 Å². The number of nitrogens with zero attached hydrogens (tertiary/aromatic N) is 2. The lowest BCUT2D eigenvalue weighted by Gasteiger charge is -2.34. The molecule has 1 unspecified atom stereocenters. The van der Waals surface area contributed by atoms with Gasteiger partial charge in [-0.2, -0.15) is 12.6 Å². The van der Waals surface area contributed by atoms with Crippen molar-refractivity contribution in [2.24, 2.45) is 4.99 Å². The van der Waals surface area contributed by atoms with Gasteiger partial charge in [0.25, 0.3) is 0 Å². The zero-order valence-electron chi connectivity index (χ0n) is 12.7. The Labute approximate surface area is 130 Å². The lowest BCUT2D eigenvalue weighted by Crippen LogP contribution is -2.48. The number of aliphatic imine (C=N–C) groups is 1. The largest absolute Gasteiger partial charge is 0.595 e. The second-order valence-electron chi connectivity index (χ2n) is 6.15. The fourth-order valence-electron chi connectivity index (χ4n) is 2.02. The van der Waals surface area contributed by atoms with Gasteiger partial charge in [0.2, 0.25) is 5.91 Å². The second-order valence-corrected chi connectivity index (χ2v) is 8.14. The third kappa shape index (κ3) is 4.77. The van der Waals surface area contributed by atoms with E-state index >= 15 is 0 Å². The summed E-state index contributed by atoms with van der Waals surface area (Å²) in [7, 11) is 0. The molecule has 1 aliphatic heterocycles. The molecule has 0 radical (unpaired) electrons. The number of hydrogen-bond acceptors (Lipinski definition) is 6. The Balaban J connectivity index is 2.68. The Morgan fingerprint density at radius 1 is 1.55 bits per heavy atom. The normalized spacial score (nSPS) is 23.0. The number of thiol groups is 1. The standard InChI is InChI=1S/C13H24N2O3S2/c1-12(2,3)18-11(17)14-6-10(16)15-9(7-19)8-20-13(15,4)5/h9,19H,6-8H2,1-5H3,(H,14,17)/p-1. The summed E-state index contributed by atoms with van der Waals surface area (Å²) >= 11 is 5.99. The van der Waals surface area contributed by atoms with Gasteiger partial charge in [0.05, 0.1) is 10.9 Å². The molecule has 0 N–H and O–H groups in total. The van der Waals surface area contributed by atoms with Crippen LogP contribution in [0, 0.1) is 0 Å². The number of carbonyl (C=O) groups is 1. The molecular weight excluding hydrogens is 296 g/mol. The van der Waals surface area contributed by atoms with Crippen LogP contribution in [-0.2, 0) is 9.53 Å². The van der Waals surface area contributed by atoms with Gasteiger partial charge in [0.15, 0.2) is 0 Å². The van der Waals surface area contributed by atoms with Crippen molar-refractivity contribution in [3.8, 4) is 0 Å². The van der Waals surface area contributed by atoms with Crippen molar-refractivity contribution in [3.63, 3.8) is 0 Å². The molecule has 0 spiro atoms. The van der Waals surface area contributed by atoms with Crippen molar-refractivity contribution in [2.45, 2.75) is 51.1 Å². The van der Waals surface area contributed by atoms with Crippen LogP contribution in [0.1, 0.15) is 34.6 Å². The molecule has 0 bridgehead atoms. The maximum Gasteiger partial charge on any atom is 0.245 e. The fourth-order valence-corrected chi connectivity index (χ4v) is 3.75. The molecule has 1 fully saturated rings. The van der Waals surface area contributed by atoms with E-state index in [1.807, 2.05) is 13.8 Å². The first kappa shape index (κ1) is 17.5. The minimum atomic E-state index is -0.696. The average molecular weight is 319 g/mol. The van der Waals surface area contributed by atoms with Crippen molar-refractivity contribution < 1.29 is 14.6 Å². The lowest BCUT2D eigenvalue weighted by atomic mass is 10.2. The molecule has 0 aliphatic carbocycles. The summed E-state index contributed by atoms with van der Waals surface area (Å²) in [5, 5.41) is 11.5. The van der Waals surface area contributed by atoms with Gasteiger partial charge in [-0.1, -0.05) is 20.8 Å². The average Bonchev–Trinajstić information content (AvgIpc) is 2.59. The van der Waals surface area contributed by atoms with E-state index in [9.17, 15) is 9.90 Å². The Morgan fingerprint density at radius 2 is 2.15 bits per heavy atom. The highest BCUT2D eigenvalue weighted by molar-refractivity contribution is 8.00. The summed E-state index contributed by atoms with van der Waals surface area (Å²) in [6.07, 6.45) is -0.696. The second kappa shape index (κ2) is 6.47. The molecule has 0 aromatic carbocycles. The van der Waals surface area contributed by atoms with Gasteiger partial charge in [-0.3, -0.25) is 9.79 Å². The summed E-state index contributed by atoms with van der Waals surface area (Å²) in [5.74, 6) is 1.30. The van der Waals surface area contributed by atoms with Crippen LogP contribution in [-0.4, -0.2) is 51.5 Å². The number of ether oxygens (including phenoxy) is 1. The first-order valence-electron chi connectivity index (χ1n) is 6.54. The monoisotopic (exact) mass is 319 g/mol. The smallest absolute Gasteiger partial charge is 0.245 e. The van der Waals surface area contributed by atoms with Crippen molar-refractivity contribution in [3.05, 3.63) is 0 Å². The van der Waals surface area contributed by atoms with Crippen LogP contribution < -0.4 is 5.11 Å². The van der Waals surface area contributed by atoms with Crippen LogP contribution in [0.15, 0.2) is 4.99 Å². The van der Waals surface area contributed by atoms with Gasteiger partial charge in [0, 0.05) is 17.1 Å². The molecule has 0 aromatic heterocycles. The van der Waals surface area contributed by atoms with Crippen LogP contribution in [0.25, 0.3) is 0 Å². The molecule has 1 amide bonds. The predicted molar refractivity (Wildman–Crippen MR) is 84.2 cm³/mol. The quantitative estimate of drug-likeness (QED) is 0.481. The highest BCUT2D eigenvalue weighted by Gasteiger charge is 2.42. The number of hydrogen-bond donors (Lipinski definition) is 1. The predicted octanol–water partition coefficient (Wildman–Crippen LogP) is 1.13. The van der Waals surface area contributed by atoms with Crippen molar-refractivity contribution >= 4 is 36.4 Å². The third-order valence-electron chi connectivity index (χ3n) is 2.79. The Hall–Kier alpha value is -0.560. The molecule has 1 rings (SSSR count). The number of rotatable bonds is 3. The van der Waals surface area contributed by atoms with Gasteiger partial charge in [0.1, 0.15) is 12.6 Å². The molecule has 1 saturated heterocycles. The van der Waals surface area contributed by atoms with E-state index in [4.69, 9.17) is 4.74 Å². The van der Waals surface area contributed by atoms with E-state index in [-0.39, 0.29) is 23.4 Å². The first-order valence-corrected chi connectivity index (χ1v) is 8.16. The molecule has 116 valence electrons. The summed E-state index contributed by atoms with van der Waals surface area (Å²) in [6.45, 7) is 9.10. The SMILES string of the molecule is CC(C)(C)OC([O-])=NCC(=O)N1C(CS)CSC1(C)C. The van der Waals surface area contributed by atoms with E-state index in [1.54, 1.807) is 37.4 Å². The van der Waals surface area contributed by atoms with Gasteiger partial charge in [-0.25, -0.2) is 0 Å². The molecule has 20 heavy (non-hydrogen) atoms. The van der Waals surface area contributed by atoms with Crippen LogP contribution in [0.3, 0.4) is 0 Å². The third-order valence-corrected chi connectivity index (χ3v) is 4.67. The molecule has 1 heterocycles. The summed E-state index contributed by atoms with van der Waals surface area (Å²) in [6, 6.07) is 0.0830. The molecule has 1 aliphatic rings. The molecule has 1 atom stereocenters. The van der Waals surface area contributed by atoms with Crippen LogP contribution >= 0.6 is 24.4 Å². The summed E-state index contributed by atoms with van der Waals surface area (Å²) in [5.41, 5.74) is -0.597. The van der Waals surface area contributed by atoms with E-state index in [1.165, 1.54) is 0 Å². The van der Waals surface area contributed by atoms with Crippen LogP contribution in [0.2, 0.25) is 0 Å². The number of carbonyl (C=O) groups excluding carboxylic acids is 1. The maximum absolute atomic E-state index is 12.3. The number of amides is 1. The van der Waals surface area contributed by atoms with Gasteiger partial charge in [-0.15, -0.1) is 11.8 Å². The topological polar surface area (TPSA) is 65.0 Å². The minimum Gasteiger partial charge on any atom is -0.595 e. The highest BCUT2D eigenvalue weighted by atomic mass is 32.2. The maximum atomic E-state index is 12.3. The molecule has 0 saturated carbocycles. The minimum absolute atomic E-state index is 0.0830. The van der Waals surface area contributed by atoms with E-state index in [0.29, 0.717) is 5.75 Å². The lowest BCUT2D eigenvalue weighted by molar-refractivity contribution is -0.260. The van der Waals surface area contributed by atoms with Gasteiger partial charge < -0.3 is 14.7 Å². The number of thioether (sulfide) groups is 1.